The molecule has 1 N–H and O–H groups in total. The van der Waals surface area contributed by atoms with Gasteiger partial charge in [0.25, 0.3) is 0 Å². The lowest BCUT2D eigenvalue weighted by molar-refractivity contribution is 0.688. The summed E-state index contributed by atoms with van der Waals surface area (Å²) in [7, 11) is 0. The van der Waals surface area contributed by atoms with Gasteiger partial charge >= 0.3 is 0 Å². The van der Waals surface area contributed by atoms with Crippen LogP contribution in [0.2, 0.25) is 10.4 Å². The van der Waals surface area contributed by atoms with Crippen molar-refractivity contribution in [3.8, 4) is 0 Å². The van der Waals surface area contributed by atoms with E-state index in [0.717, 1.165) is 13.0 Å². The average molecular weight is 295 g/mol. The number of aromatic nitrogens is 3. The summed E-state index contributed by atoms with van der Waals surface area (Å²) in [6, 6.07) is 0. The molecule has 96 valence electrons. The molecule has 1 heterocycles. The number of thioether (sulfide) groups is 1. The van der Waals surface area contributed by atoms with Crippen LogP contribution in [-0.2, 0) is 0 Å². The third-order valence-electron chi connectivity index (χ3n) is 2.19. The first-order chi connectivity index (χ1) is 8.24. The van der Waals surface area contributed by atoms with Gasteiger partial charge < -0.3 is 5.32 Å². The van der Waals surface area contributed by atoms with Gasteiger partial charge in [0.05, 0.1) is 0 Å². The van der Waals surface area contributed by atoms with E-state index >= 15 is 0 Å². The topological polar surface area (TPSA) is 50.7 Å². The van der Waals surface area contributed by atoms with Crippen LogP contribution in [0, 0.1) is 0 Å². The third kappa shape index (κ3) is 6.29. The van der Waals surface area contributed by atoms with Crippen LogP contribution < -0.4 is 5.32 Å². The number of halogens is 2. The molecule has 0 aliphatic carbocycles. The summed E-state index contributed by atoms with van der Waals surface area (Å²) in [4.78, 5) is 3.97. The predicted octanol–water partition coefficient (Wildman–Crippen LogP) is 3.51. The van der Waals surface area contributed by atoms with Gasteiger partial charge in [0.15, 0.2) is 11.0 Å². The van der Waals surface area contributed by atoms with E-state index in [9.17, 15) is 0 Å². The molecule has 0 bridgehead atoms. The molecule has 0 aliphatic heterocycles. The van der Waals surface area contributed by atoms with Crippen LogP contribution in [0.4, 0.5) is 5.82 Å². The lowest BCUT2D eigenvalue weighted by Gasteiger charge is -2.06. The van der Waals surface area contributed by atoms with E-state index in [4.69, 9.17) is 23.2 Å². The largest absolute Gasteiger partial charge is 0.367 e. The van der Waals surface area contributed by atoms with Crippen molar-refractivity contribution in [2.75, 3.05) is 23.9 Å². The van der Waals surface area contributed by atoms with E-state index in [0.29, 0.717) is 5.82 Å². The first-order valence-corrected chi connectivity index (χ1v) is 7.67. The van der Waals surface area contributed by atoms with E-state index < -0.39 is 0 Å². The van der Waals surface area contributed by atoms with Crippen molar-refractivity contribution >= 4 is 40.8 Å². The van der Waals surface area contributed by atoms with E-state index in [2.05, 4.69) is 26.8 Å². The van der Waals surface area contributed by atoms with E-state index in [-0.39, 0.29) is 10.4 Å². The third-order valence-corrected chi connectivity index (χ3v) is 3.30. The van der Waals surface area contributed by atoms with Crippen molar-refractivity contribution in [2.45, 2.75) is 25.7 Å². The summed E-state index contributed by atoms with van der Waals surface area (Å²) in [5.74, 6) is 1.75. The molecular formula is C10H16Cl2N4S. The number of rotatable bonds is 8. The summed E-state index contributed by atoms with van der Waals surface area (Å²) < 4.78 is 0. The van der Waals surface area contributed by atoms with Crippen molar-refractivity contribution in [2.24, 2.45) is 0 Å². The van der Waals surface area contributed by atoms with Gasteiger partial charge in [0.2, 0.25) is 5.28 Å². The van der Waals surface area contributed by atoms with Crippen LogP contribution in [0.5, 0.6) is 0 Å². The molecule has 7 heteroatoms. The van der Waals surface area contributed by atoms with Crippen molar-refractivity contribution in [1.29, 1.82) is 0 Å². The van der Waals surface area contributed by atoms with Gasteiger partial charge in [-0.3, -0.25) is 0 Å². The number of hydrogen-bond acceptors (Lipinski definition) is 5. The molecule has 1 aromatic heterocycles. The highest BCUT2D eigenvalue weighted by Crippen LogP contribution is 2.16. The maximum absolute atomic E-state index is 5.82. The van der Waals surface area contributed by atoms with Crippen LogP contribution >= 0.6 is 35.0 Å². The maximum Gasteiger partial charge on any atom is 0.245 e. The Morgan fingerprint density at radius 3 is 2.65 bits per heavy atom. The molecule has 0 amide bonds. The Morgan fingerprint density at radius 2 is 1.88 bits per heavy atom. The molecule has 0 fully saturated rings. The van der Waals surface area contributed by atoms with Crippen LogP contribution in [-0.4, -0.2) is 33.7 Å². The van der Waals surface area contributed by atoms with Crippen LogP contribution in [0.15, 0.2) is 0 Å². The maximum atomic E-state index is 5.82. The van der Waals surface area contributed by atoms with Crippen LogP contribution in [0.25, 0.3) is 0 Å². The van der Waals surface area contributed by atoms with E-state index in [1.807, 2.05) is 11.8 Å². The first-order valence-electron chi connectivity index (χ1n) is 5.52. The predicted molar refractivity (Wildman–Crippen MR) is 75.2 cm³/mol. The summed E-state index contributed by atoms with van der Waals surface area (Å²) >= 11 is 13.3. The number of nitrogens with one attached hydrogen (secondary N) is 1. The zero-order valence-electron chi connectivity index (χ0n) is 9.75. The lowest BCUT2D eigenvalue weighted by Crippen LogP contribution is -2.05. The van der Waals surface area contributed by atoms with Gasteiger partial charge in [0, 0.05) is 6.54 Å². The second-order valence-electron chi connectivity index (χ2n) is 3.55. The average Bonchev–Trinajstić information content (AvgIpc) is 2.32. The molecule has 0 unspecified atom stereocenters. The zero-order valence-corrected chi connectivity index (χ0v) is 12.1. The fourth-order valence-electron chi connectivity index (χ4n) is 1.34. The van der Waals surface area contributed by atoms with Gasteiger partial charge in [-0.1, -0.05) is 24.4 Å². The van der Waals surface area contributed by atoms with Crippen LogP contribution in [0.1, 0.15) is 25.7 Å². The summed E-state index contributed by atoms with van der Waals surface area (Å²) in [6.45, 7) is 0.827. The molecule has 0 saturated heterocycles. The normalized spacial score (nSPS) is 10.5. The number of hydrogen-bond donors (Lipinski definition) is 1. The molecule has 0 aromatic carbocycles. The van der Waals surface area contributed by atoms with Gasteiger partial charge in [-0.2, -0.15) is 16.7 Å². The molecule has 1 rings (SSSR count). The second kappa shape index (κ2) is 8.78. The monoisotopic (exact) mass is 294 g/mol. The minimum atomic E-state index is 0.108. The minimum absolute atomic E-state index is 0.108. The van der Waals surface area contributed by atoms with Crippen molar-refractivity contribution in [3.05, 3.63) is 10.4 Å². The zero-order chi connectivity index (χ0) is 12.5. The lowest BCUT2D eigenvalue weighted by atomic mass is 10.2. The smallest absolute Gasteiger partial charge is 0.245 e. The molecule has 0 saturated carbocycles. The van der Waals surface area contributed by atoms with E-state index in [1.165, 1.54) is 25.0 Å². The van der Waals surface area contributed by atoms with Gasteiger partial charge in [-0.05, 0) is 36.5 Å². The number of nitrogens with zero attached hydrogens (tertiary/aromatic N) is 3. The quantitative estimate of drug-likeness (QED) is 0.744. The molecule has 17 heavy (non-hydrogen) atoms. The minimum Gasteiger partial charge on any atom is -0.367 e. The fourth-order valence-corrected chi connectivity index (χ4v) is 2.10. The highest BCUT2D eigenvalue weighted by molar-refractivity contribution is 7.98. The Bertz CT molecular complexity index is 338. The van der Waals surface area contributed by atoms with E-state index in [1.54, 1.807) is 0 Å². The second-order valence-corrected chi connectivity index (χ2v) is 5.24. The molecule has 0 atom stereocenters. The molecule has 4 nitrogen and oxygen atoms in total. The standard InChI is InChI=1S/C10H16Cl2N4S/c1-17-7-5-3-2-4-6-13-9-8(11)15-16-10(12)14-9/h2-7H2,1H3,(H,13,14,16). The molecular weight excluding hydrogens is 279 g/mol. The van der Waals surface area contributed by atoms with Gasteiger partial charge in [-0.25, -0.2) is 0 Å². The van der Waals surface area contributed by atoms with Gasteiger partial charge in [-0.15, -0.1) is 10.2 Å². The van der Waals surface area contributed by atoms with Crippen molar-refractivity contribution in [1.82, 2.24) is 15.2 Å². The molecule has 0 radical (unpaired) electrons. The summed E-state index contributed by atoms with van der Waals surface area (Å²) in [5.41, 5.74) is 0. The molecule has 0 spiro atoms. The summed E-state index contributed by atoms with van der Waals surface area (Å²) in [5, 5.41) is 10.7. The molecule has 1 aromatic rings. The number of unbranched alkanes of at least 4 members (excludes halogenated alkanes) is 3. The van der Waals surface area contributed by atoms with Crippen molar-refractivity contribution in [3.63, 3.8) is 0 Å². The fraction of sp³-hybridized carbons (Fsp3) is 0.700. The van der Waals surface area contributed by atoms with Crippen molar-refractivity contribution < 1.29 is 0 Å². The highest BCUT2D eigenvalue weighted by atomic mass is 35.5. The van der Waals surface area contributed by atoms with Crippen LogP contribution in [0.3, 0.4) is 0 Å². The Hall–Kier alpha value is -0.260. The Labute approximate surface area is 116 Å². The summed E-state index contributed by atoms with van der Waals surface area (Å²) in [6.07, 6.45) is 6.97. The van der Waals surface area contributed by atoms with Gasteiger partial charge in [0.1, 0.15) is 0 Å². The Kier molecular flexibility index (Phi) is 7.64. The Morgan fingerprint density at radius 1 is 1.12 bits per heavy atom. The highest BCUT2D eigenvalue weighted by Gasteiger charge is 2.04. The SMILES string of the molecule is CSCCCCCCNc1nc(Cl)nnc1Cl. The molecule has 0 aliphatic rings. The number of anilines is 1. The first kappa shape index (κ1) is 14.8. The Balaban J connectivity index is 2.15.